The standard InChI is InChI=1S/C23H24N8O3/c1-13(2)14(3)30-12-17-19(28-30)26-22(27-23(32)24-15-7-9-16(33-4)10-8-15)31-21(17)25-20(29-31)18-6-5-11-34-18/h5-14H,1-4H3,(H2,24,26,27,28,32). The van der Waals surface area contributed by atoms with Crippen molar-refractivity contribution in [2.45, 2.75) is 26.8 Å². The Morgan fingerprint density at radius 1 is 1.06 bits per heavy atom. The number of fused-ring (bicyclic) bond motifs is 3. The van der Waals surface area contributed by atoms with Gasteiger partial charge in [-0.25, -0.2) is 9.78 Å². The van der Waals surface area contributed by atoms with Gasteiger partial charge in [-0.1, -0.05) is 13.8 Å². The summed E-state index contributed by atoms with van der Waals surface area (Å²) in [5.74, 6) is 2.13. The second kappa shape index (κ2) is 8.50. The first-order valence-electron chi connectivity index (χ1n) is 10.8. The molecule has 0 spiro atoms. The Hall–Kier alpha value is -4.41. The minimum absolute atomic E-state index is 0.150. The topological polar surface area (TPSA) is 124 Å². The third-order valence-electron chi connectivity index (χ3n) is 5.67. The number of carbonyl (C=O) groups excluding carboxylic acids is 1. The van der Waals surface area contributed by atoms with Gasteiger partial charge in [-0.15, -0.1) is 5.10 Å². The maximum Gasteiger partial charge on any atom is 0.326 e. The van der Waals surface area contributed by atoms with Crippen LogP contribution in [0.3, 0.4) is 0 Å². The maximum absolute atomic E-state index is 12.8. The highest BCUT2D eigenvalue weighted by Crippen LogP contribution is 2.26. The molecule has 4 aromatic heterocycles. The minimum atomic E-state index is -0.483. The summed E-state index contributed by atoms with van der Waals surface area (Å²) in [4.78, 5) is 22.0. The SMILES string of the molecule is COc1ccc(NC(=O)Nc2nc3nn(C(C)C(C)C)cc3c3nc(-c4ccco4)nn23)cc1. The fourth-order valence-electron chi connectivity index (χ4n) is 3.45. The molecule has 2 amide bonds. The van der Waals surface area contributed by atoms with Crippen molar-refractivity contribution in [3.63, 3.8) is 0 Å². The molecule has 5 rings (SSSR count). The zero-order valence-electron chi connectivity index (χ0n) is 19.2. The van der Waals surface area contributed by atoms with Gasteiger partial charge in [0.25, 0.3) is 0 Å². The van der Waals surface area contributed by atoms with Gasteiger partial charge >= 0.3 is 6.03 Å². The van der Waals surface area contributed by atoms with Crippen molar-refractivity contribution in [3.05, 3.63) is 48.9 Å². The number of aromatic nitrogens is 6. The molecule has 0 fully saturated rings. The van der Waals surface area contributed by atoms with E-state index in [9.17, 15) is 4.79 Å². The number of amides is 2. The van der Waals surface area contributed by atoms with Gasteiger partial charge < -0.3 is 14.5 Å². The number of furan rings is 1. The highest BCUT2D eigenvalue weighted by atomic mass is 16.5. The van der Waals surface area contributed by atoms with Crippen LogP contribution < -0.4 is 15.4 Å². The average Bonchev–Trinajstić information content (AvgIpc) is 3.57. The lowest BCUT2D eigenvalue weighted by molar-refractivity contribution is 0.262. The summed E-state index contributed by atoms with van der Waals surface area (Å²) >= 11 is 0. The van der Waals surface area contributed by atoms with Crippen molar-refractivity contribution >= 4 is 34.3 Å². The molecule has 2 N–H and O–H groups in total. The highest BCUT2D eigenvalue weighted by molar-refractivity contribution is 6.00. The van der Waals surface area contributed by atoms with Crippen molar-refractivity contribution < 1.29 is 13.9 Å². The Morgan fingerprint density at radius 2 is 1.85 bits per heavy atom. The summed E-state index contributed by atoms with van der Waals surface area (Å²) in [6.45, 7) is 6.35. The lowest BCUT2D eigenvalue weighted by Gasteiger charge is -2.15. The molecule has 0 aliphatic carbocycles. The van der Waals surface area contributed by atoms with Gasteiger partial charge in [0, 0.05) is 11.9 Å². The van der Waals surface area contributed by atoms with Crippen LogP contribution in [0.4, 0.5) is 16.4 Å². The number of nitrogens with one attached hydrogen (secondary N) is 2. The van der Waals surface area contributed by atoms with Crippen LogP contribution in [0, 0.1) is 5.92 Å². The van der Waals surface area contributed by atoms with Crippen molar-refractivity contribution in [2.24, 2.45) is 5.92 Å². The number of anilines is 2. The Kier molecular flexibility index (Phi) is 5.36. The molecular weight excluding hydrogens is 436 g/mol. The molecule has 0 aliphatic rings. The third-order valence-corrected chi connectivity index (χ3v) is 5.67. The van der Waals surface area contributed by atoms with E-state index in [1.165, 1.54) is 4.52 Å². The molecule has 1 aromatic carbocycles. The maximum atomic E-state index is 12.8. The van der Waals surface area contributed by atoms with Gasteiger partial charge in [0.05, 0.1) is 24.8 Å². The van der Waals surface area contributed by atoms with Crippen molar-refractivity contribution in [1.29, 1.82) is 0 Å². The minimum Gasteiger partial charge on any atom is -0.497 e. The van der Waals surface area contributed by atoms with E-state index in [1.54, 1.807) is 49.8 Å². The number of hydrogen-bond acceptors (Lipinski definition) is 7. The van der Waals surface area contributed by atoms with Crippen molar-refractivity contribution in [3.8, 4) is 17.3 Å². The lowest BCUT2D eigenvalue weighted by atomic mass is 10.1. The van der Waals surface area contributed by atoms with Crippen LogP contribution in [0.15, 0.2) is 53.3 Å². The van der Waals surface area contributed by atoms with E-state index in [0.29, 0.717) is 40.2 Å². The Bertz CT molecular complexity index is 1450. The van der Waals surface area contributed by atoms with Crippen LogP contribution in [0.25, 0.3) is 28.3 Å². The summed E-state index contributed by atoms with van der Waals surface area (Å²) in [6, 6.07) is 10.2. The van der Waals surface area contributed by atoms with Gasteiger partial charge in [-0.3, -0.25) is 10.00 Å². The fraction of sp³-hybridized carbons (Fsp3) is 0.261. The predicted molar refractivity (Wildman–Crippen MR) is 127 cm³/mol. The summed E-state index contributed by atoms with van der Waals surface area (Å²) in [7, 11) is 1.58. The summed E-state index contributed by atoms with van der Waals surface area (Å²) in [6.07, 6.45) is 3.46. The molecule has 1 atom stereocenters. The van der Waals surface area contributed by atoms with Crippen LogP contribution in [0.2, 0.25) is 0 Å². The van der Waals surface area contributed by atoms with Crippen LogP contribution in [-0.2, 0) is 0 Å². The van der Waals surface area contributed by atoms with Crippen LogP contribution in [0.1, 0.15) is 26.8 Å². The highest BCUT2D eigenvalue weighted by Gasteiger charge is 2.21. The third kappa shape index (κ3) is 3.91. The molecule has 0 aliphatic heterocycles. The van der Waals surface area contributed by atoms with E-state index in [2.05, 4.69) is 51.6 Å². The fourth-order valence-corrected chi connectivity index (χ4v) is 3.45. The van der Waals surface area contributed by atoms with Gasteiger partial charge in [0.1, 0.15) is 5.75 Å². The Morgan fingerprint density at radius 3 is 2.53 bits per heavy atom. The number of urea groups is 1. The molecule has 0 saturated heterocycles. The van der Waals surface area contributed by atoms with E-state index < -0.39 is 6.03 Å². The van der Waals surface area contributed by atoms with Crippen LogP contribution >= 0.6 is 0 Å². The number of carbonyl (C=O) groups is 1. The number of methoxy groups -OCH3 is 1. The van der Waals surface area contributed by atoms with Crippen LogP contribution in [-0.4, -0.2) is 42.5 Å². The Labute approximate surface area is 194 Å². The first kappa shape index (κ1) is 21.4. The number of nitrogens with zero attached hydrogens (tertiary/aromatic N) is 6. The number of benzene rings is 1. The van der Waals surface area contributed by atoms with E-state index in [4.69, 9.17) is 9.15 Å². The molecule has 11 nitrogen and oxygen atoms in total. The molecular formula is C23H24N8O3. The first-order valence-corrected chi connectivity index (χ1v) is 10.8. The second-order valence-electron chi connectivity index (χ2n) is 8.22. The molecule has 0 saturated carbocycles. The molecule has 1 unspecified atom stereocenters. The quantitative estimate of drug-likeness (QED) is 0.379. The summed E-state index contributed by atoms with van der Waals surface area (Å²) in [5, 5.41) is 15.4. The second-order valence-corrected chi connectivity index (χ2v) is 8.22. The molecule has 5 aromatic rings. The molecule has 11 heteroatoms. The van der Waals surface area contributed by atoms with Gasteiger partial charge in [0.15, 0.2) is 17.1 Å². The Balaban J connectivity index is 1.55. The monoisotopic (exact) mass is 460 g/mol. The lowest BCUT2D eigenvalue weighted by Crippen LogP contribution is -2.22. The molecule has 0 radical (unpaired) electrons. The smallest absolute Gasteiger partial charge is 0.326 e. The molecule has 174 valence electrons. The number of hydrogen-bond donors (Lipinski definition) is 2. The van der Waals surface area contributed by atoms with Crippen molar-refractivity contribution in [1.82, 2.24) is 29.4 Å². The zero-order chi connectivity index (χ0) is 23.8. The van der Waals surface area contributed by atoms with E-state index in [1.807, 2.05) is 10.9 Å². The summed E-state index contributed by atoms with van der Waals surface area (Å²) < 4.78 is 14.0. The van der Waals surface area contributed by atoms with E-state index >= 15 is 0 Å². The van der Waals surface area contributed by atoms with Gasteiger partial charge in [0.2, 0.25) is 11.8 Å². The first-order chi connectivity index (χ1) is 16.4. The number of rotatable bonds is 6. The largest absolute Gasteiger partial charge is 0.497 e. The summed E-state index contributed by atoms with van der Waals surface area (Å²) in [5.41, 5.74) is 1.57. The van der Waals surface area contributed by atoms with Gasteiger partial charge in [-0.05, 0) is 49.2 Å². The normalized spacial score (nSPS) is 12.4. The zero-order valence-corrected chi connectivity index (χ0v) is 19.2. The van der Waals surface area contributed by atoms with Crippen LogP contribution in [0.5, 0.6) is 5.75 Å². The van der Waals surface area contributed by atoms with E-state index in [0.717, 1.165) is 5.39 Å². The molecule has 0 bridgehead atoms. The molecule has 4 heterocycles. The molecule has 34 heavy (non-hydrogen) atoms. The number of ether oxygens (including phenoxy) is 1. The average molecular weight is 460 g/mol. The van der Waals surface area contributed by atoms with Crippen molar-refractivity contribution in [2.75, 3.05) is 17.7 Å². The van der Waals surface area contributed by atoms with E-state index in [-0.39, 0.29) is 12.0 Å². The van der Waals surface area contributed by atoms with Gasteiger partial charge in [-0.2, -0.15) is 14.6 Å². The predicted octanol–water partition coefficient (Wildman–Crippen LogP) is 4.60.